The molecule has 0 atom stereocenters. The Morgan fingerprint density at radius 1 is 0.700 bits per heavy atom. The first-order valence-corrected chi connectivity index (χ1v) is 9.62. The molecular formula is C17H37N2S+. The van der Waals surface area contributed by atoms with Crippen molar-refractivity contribution in [3.63, 3.8) is 0 Å². The topological polar surface area (TPSA) is 26.0 Å². The number of piperidine rings is 1. The molecule has 0 spiro atoms. The minimum atomic E-state index is 0.866. The van der Waals surface area contributed by atoms with Crippen LogP contribution in [0, 0.1) is 0 Å². The highest BCUT2D eigenvalue weighted by molar-refractivity contribution is 7.80. The molecule has 0 unspecified atom stereocenters. The van der Waals surface area contributed by atoms with Crippen LogP contribution in [0.15, 0.2) is 0 Å². The lowest BCUT2D eigenvalue weighted by Gasteiger charge is -2.41. The van der Waals surface area contributed by atoms with Gasteiger partial charge in [-0.25, -0.2) is 0 Å². The van der Waals surface area contributed by atoms with Crippen LogP contribution < -0.4 is 5.73 Å². The molecule has 0 radical (unpaired) electrons. The number of hydrogen-bond acceptors (Lipinski definition) is 2. The van der Waals surface area contributed by atoms with E-state index in [0.717, 1.165) is 12.3 Å². The van der Waals surface area contributed by atoms with Gasteiger partial charge in [-0.15, -0.1) is 0 Å². The lowest BCUT2D eigenvalue weighted by Crippen LogP contribution is -2.53. The number of likely N-dealkylation sites (tertiary alicyclic amines) is 1. The summed E-state index contributed by atoms with van der Waals surface area (Å²) < 4.78 is 1.38. The zero-order chi connectivity index (χ0) is 14.5. The van der Waals surface area contributed by atoms with Gasteiger partial charge < -0.3 is 10.2 Å². The largest absolute Gasteiger partial charge is 0.330 e. The van der Waals surface area contributed by atoms with Crippen molar-refractivity contribution in [1.82, 2.24) is 0 Å². The lowest BCUT2D eigenvalue weighted by molar-refractivity contribution is -0.930. The van der Waals surface area contributed by atoms with Crippen molar-refractivity contribution in [2.24, 2.45) is 5.73 Å². The minimum absolute atomic E-state index is 0.866. The fourth-order valence-electron chi connectivity index (χ4n) is 3.61. The van der Waals surface area contributed by atoms with Crippen LogP contribution in [0.2, 0.25) is 0 Å². The first-order chi connectivity index (χ1) is 9.83. The highest BCUT2D eigenvalue weighted by Gasteiger charge is 2.28. The van der Waals surface area contributed by atoms with Crippen molar-refractivity contribution in [3.05, 3.63) is 0 Å². The molecule has 0 aromatic heterocycles. The van der Waals surface area contributed by atoms with Crippen LogP contribution in [0.1, 0.15) is 70.6 Å². The third-order valence-electron chi connectivity index (χ3n) is 4.93. The highest BCUT2D eigenvalue weighted by Crippen LogP contribution is 2.21. The van der Waals surface area contributed by atoms with Gasteiger partial charge in [0.15, 0.2) is 0 Å². The monoisotopic (exact) mass is 301 g/mol. The van der Waals surface area contributed by atoms with Gasteiger partial charge in [0, 0.05) is 5.75 Å². The zero-order valence-corrected chi connectivity index (χ0v) is 14.4. The number of quaternary nitrogens is 1. The Balaban J connectivity index is 2.00. The molecule has 0 aromatic carbocycles. The summed E-state index contributed by atoms with van der Waals surface area (Å²) in [6, 6.07) is 0. The van der Waals surface area contributed by atoms with Crippen molar-refractivity contribution >= 4 is 12.6 Å². The molecule has 20 heavy (non-hydrogen) atoms. The van der Waals surface area contributed by atoms with E-state index in [2.05, 4.69) is 12.6 Å². The number of nitrogens with two attached hydrogens (primary N) is 1. The Labute approximate surface area is 132 Å². The van der Waals surface area contributed by atoms with Crippen LogP contribution in [-0.2, 0) is 0 Å². The Bertz CT molecular complexity index is 210. The fraction of sp³-hybridized carbons (Fsp3) is 1.00. The Kier molecular flexibility index (Phi) is 10.9. The second-order valence-electron chi connectivity index (χ2n) is 6.64. The second-order valence-corrected chi connectivity index (χ2v) is 7.08. The number of rotatable bonds is 12. The number of hydrogen-bond donors (Lipinski definition) is 2. The number of thiol groups is 1. The average Bonchev–Trinajstić information content (AvgIpc) is 2.47. The summed E-state index contributed by atoms with van der Waals surface area (Å²) in [7, 11) is 0. The standard InChI is InChI=1S/C17H36N2S/c18-12-8-5-3-1-2-4-6-9-13-19(16-17-20)14-10-7-11-15-19/h1-18H2/p+1. The molecule has 1 rings (SSSR count). The number of unbranched alkanes of at least 4 members (excludes halogenated alkanes) is 7. The molecule has 2 N–H and O–H groups in total. The molecule has 1 aliphatic heterocycles. The van der Waals surface area contributed by atoms with Gasteiger partial charge in [0.2, 0.25) is 0 Å². The predicted octanol–water partition coefficient (Wildman–Crippen LogP) is 4.00. The maximum absolute atomic E-state index is 5.51. The smallest absolute Gasteiger partial charge is 0.0876 e. The van der Waals surface area contributed by atoms with Gasteiger partial charge >= 0.3 is 0 Å². The Hall–Kier alpha value is 0.270. The predicted molar refractivity (Wildman–Crippen MR) is 93.4 cm³/mol. The van der Waals surface area contributed by atoms with Crippen LogP contribution in [-0.4, -0.2) is 43.0 Å². The summed E-state index contributed by atoms with van der Waals surface area (Å²) in [6.07, 6.45) is 15.4. The molecule has 120 valence electrons. The minimum Gasteiger partial charge on any atom is -0.330 e. The third-order valence-corrected chi connectivity index (χ3v) is 5.13. The first-order valence-electron chi connectivity index (χ1n) is 8.99. The summed E-state index contributed by atoms with van der Waals surface area (Å²) in [6.45, 7) is 6.40. The molecule has 3 heteroatoms. The quantitative estimate of drug-likeness (QED) is 0.318. The average molecular weight is 302 g/mol. The Morgan fingerprint density at radius 3 is 1.80 bits per heavy atom. The normalized spacial score (nSPS) is 18.3. The maximum atomic E-state index is 5.51. The Morgan fingerprint density at radius 2 is 1.25 bits per heavy atom. The van der Waals surface area contributed by atoms with Crippen LogP contribution >= 0.6 is 12.6 Å². The zero-order valence-electron chi connectivity index (χ0n) is 13.5. The van der Waals surface area contributed by atoms with E-state index in [0.29, 0.717) is 0 Å². The summed E-state index contributed by atoms with van der Waals surface area (Å²) >= 11 is 4.48. The van der Waals surface area contributed by atoms with Gasteiger partial charge in [0.25, 0.3) is 0 Å². The van der Waals surface area contributed by atoms with Gasteiger partial charge in [0.05, 0.1) is 26.2 Å². The lowest BCUT2D eigenvalue weighted by atomic mass is 10.0. The van der Waals surface area contributed by atoms with E-state index in [1.54, 1.807) is 0 Å². The van der Waals surface area contributed by atoms with Gasteiger partial charge in [-0.1, -0.05) is 32.1 Å². The van der Waals surface area contributed by atoms with E-state index in [1.165, 1.54) is 101 Å². The molecule has 0 aliphatic carbocycles. The van der Waals surface area contributed by atoms with E-state index < -0.39 is 0 Å². The fourth-order valence-corrected chi connectivity index (χ4v) is 4.03. The molecule has 1 heterocycles. The van der Waals surface area contributed by atoms with Crippen molar-refractivity contribution < 1.29 is 4.48 Å². The van der Waals surface area contributed by atoms with Crippen molar-refractivity contribution in [2.45, 2.75) is 70.6 Å². The van der Waals surface area contributed by atoms with Crippen LogP contribution in [0.5, 0.6) is 0 Å². The van der Waals surface area contributed by atoms with Crippen LogP contribution in [0.4, 0.5) is 0 Å². The van der Waals surface area contributed by atoms with Crippen molar-refractivity contribution in [2.75, 3.05) is 38.5 Å². The summed E-state index contributed by atoms with van der Waals surface area (Å²) in [4.78, 5) is 0. The summed E-state index contributed by atoms with van der Waals surface area (Å²) in [5, 5.41) is 0. The van der Waals surface area contributed by atoms with Crippen molar-refractivity contribution in [1.29, 1.82) is 0 Å². The molecule has 1 saturated heterocycles. The third kappa shape index (κ3) is 7.90. The molecule has 0 aromatic rings. The van der Waals surface area contributed by atoms with E-state index in [-0.39, 0.29) is 0 Å². The molecule has 1 aliphatic rings. The van der Waals surface area contributed by atoms with Gasteiger partial charge in [0.1, 0.15) is 0 Å². The molecule has 0 amide bonds. The maximum Gasteiger partial charge on any atom is 0.0876 e. The molecule has 2 nitrogen and oxygen atoms in total. The highest BCUT2D eigenvalue weighted by atomic mass is 32.1. The first kappa shape index (κ1) is 18.3. The van der Waals surface area contributed by atoms with Crippen LogP contribution in [0.25, 0.3) is 0 Å². The number of nitrogens with zero attached hydrogens (tertiary/aromatic N) is 1. The summed E-state index contributed by atoms with van der Waals surface area (Å²) in [5.41, 5.74) is 5.51. The van der Waals surface area contributed by atoms with Crippen molar-refractivity contribution in [3.8, 4) is 0 Å². The molecular weight excluding hydrogens is 264 g/mol. The molecule has 0 saturated carbocycles. The second kappa shape index (κ2) is 11.9. The molecule has 1 fully saturated rings. The molecule has 0 bridgehead atoms. The van der Waals surface area contributed by atoms with E-state index in [1.807, 2.05) is 0 Å². The SMILES string of the molecule is NCCCCCCCCCC[N+]1(CCS)CCCCC1. The van der Waals surface area contributed by atoms with Gasteiger partial charge in [-0.05, 0) is 45.1 Å². The van der Waals surface area contributed by atoms with E-state index >= 15 is 0 Å². The van der Waals surface area contributed by atoms with Gasteiger partial charge in [-0.3, -0.25) is 0 Å². The summed E-state index contributed by atoms with van der Waals surface area (Å²) in [5.74, 6) is 1.06. The van der Waals surface area contributed by atoms with E-state index in [9.17, 15) is 0 Å². The van der Waals surface area contributed by atoms with Crippen LogP contribution in [0.3, 0.4) is 0 Å². The van der Waals surface area contributed by atoms with Gasteiger partial charge in [-0.2, -0.15) is 12.6 Å². The van der Waals surface area contributed by atoms with E-state index in [4.69, 9.17) is 5.73 Å².